The maximum atomic E-state index is 9.02. The third-order valence-electron chi connectivity index (χ3n) is 1.91. The third kappa shape index (κ3) is 3.72. The summed E-state index contributed by atoms with van der Waals surface area (Å²) >= 11 is 0. The van der Waals surface area contributed by atoms with Crippen molar-refractivity contribution in [3.8, 4) is 0 Å². The van der Waals surface area contributed by atoms with Crippen molar-refractivity contribution in [1.29, 1.82) is 0 Å². The molecule has 0 saturated carbocycles. The van der Waals surface area contributed by atoms with Crippen LogP contribution in [0.5, 0.6) is 0 Å². The van der Waals surface area contributed by atoms with Gasteiger partial charge in [-0.3, -0.25) is 0 Å². The Bertz CT molecular complexity index is 281. The summed E-state index contributed by atoms with van der Waals surface area (Å²) in [5.41, 5.74) is 1.12. The molecule has 0 fully saturated rings. The zero-order chi connectivity index (χ0) is 10.4. The summed E-state index contributed by atoms with van der Waals surface area (Å²) in [7, 11) is 0. The highest BCUT2D eigenvalue weighted by molar-refractivity contribution is 5.17. The number of hydrogen-bond acceptors (Lipinski definition) is 3. The molecule has 1 heterocycles. The number of aromatic nitrogens is 2. The van der Waals surface area contributed by atoms with E-state index in [1.165, 1.54) is 0 Å². The first-order valence-corrected chi connectivity index (χ1v) is 4.76. The minimum absolute atomic E-state index is 0.238. The van der Waals surface area contributed by atoms with E-state index in [2.05, 4.69) is 17.0 Å². The van der Waals surface area contributed by atoms with Crippen molar-refractivity contribution in [3.05, 3.63) is 24.5 Å². The lowest BCUT2D eigenvalue weighted by atomic mass is 10.3. The standard InChI is InChI=1S/C10H17N3O/c1-3-13-8-10(7-12-13)6-11-5-4-9(2)14/h3,7-9,11,14H,1,4-6H2,2H3. The average Bonchev–Trinajstić information content (AvgIpc) is 2.60. The molecule has 1 rings (SSSR count). The molecule has 0 amide bonds. The van der Waals surface area contributed by atoms with Crippen molar-refractivity contribution >= 4 is 6.20 Å². The van der Waals surface area contributed by atoms with Crippen molar-refractivity contribution in [2.24, 2.45) is 0 Å². The summed E-state index contributed by atoms with van der Waals surface area (Å²) in [6, 6.07) is 0. The molecule has 0 aliphatic rings. The maximum Gasteiger partial charge on any atom is 0.0538 e. The molecule has 1 aromatic heterocycles. The van der Waals surface area contributed by atoms with Gasteiger partial charge in [0, 0.05) is 24.5 Å². The van der Waals surface area contributed by atoms with E-state index in [0.717, 1.165) is 25.1 Å². The molecular weight excluding hydrogens is 178 g/mol. The molecule has 0 aromatic carbocycles. The van der Waals surface area contributed by atoms with Crippen LogP contribution in [0.3, 0.4) is 0 Å². The molecule has 0 saturated heterocycles. The van der Waals surface area contributed by atoms with Gasteiger partial charge in [0.25, 0.3) is 0 Å². The van der Waals surface area contributed by atoms with Crippen LogP contribution in [-0.2, 0) is 6.54 Å². The number of hydrogen-bond donors (Lipinski definition) is 2. The lowest BCUT2D eigenvalue weighted by Gasteiger charge is -2.04. The monoisotopic (exact) mass is 195 g/mol. The topological polar surface area (TPSA) is 50.1 Å². The van der Waals surface area contributed by atoms with Crippen LogP contribution in [0.2, 0.25) is 0 Å². The van der Waals surface area contributed by atoms with Gasteiger partial charge < -0.3 is 10.4 Å². The van der Waals surface area contributed by atoms with Crippen LogP contribution in [0.4, 0.5) is 0 Å². The molecule has 4 nitrogen and oxygen atoms in total. The number of aliphatic hydroxyl groups excluding tert-OH is 1. The predicted octanol–water partition coefficient (Wildman–Crippen LogP) is 0.844. The molecule has 1 unspecified atom stereocenters. The fraction of sp³-hybridized carbons (Fsp3) is 0.500. The van der Waals surface area contributed by atoms with Gasteiger partial charge in [-0.1, -0.05) is 6.58 Å². The molecule has 78 valence electrons. The van der Waals surface area contributed by atoms with Crippen molar-refractivity contribution in [2.75, 3.05) is 6.54 Å². The number of rotatable bonds is 6. The number of nitrogens with zero attached hydrogens (tertiary/aromatic N) is 2. The van der Waals surface area contributed by atoms with E-state index in [4.69, 9.17) is 5.11 Å². The fourth-order valence-corrected chi connectivity index (χ4v) is 1.11. The summed E-state index contributed by atoms with van der Waals surface area (Å²) in [6.07, 6.45) is 5.91. The Morgan fingerprint density at radius 3 is 3.14 bits per heavy atom. The minimum Gasteiger partial charge on any atom is -0.393 e. The molecule has 1 aromatic rings. The molecule has 1 atom stereocenters. The Labute approximate surface area is 84.2 Å². The van der Waals surface area contributed by atoms with Crippen LogP contribution in [0, 0.1) is 0 Å². The molecule has 0 aliphatic carbocycles. The van der Waals surface area contributed by atoms with E-state index in [1.807, 2.05) is 6.20 Å². The summed E-state index contributed by atoms with van der Waals surface area (Å²) in [4.78, 5) is 0. The second-order valence-corrected chi connectivity index (χ2v) is 3.33. The highest BCUT2D eigenvalue weighted by Crippen LogP contribution is 1.97. The van der Waals surface area contributed by atoms with Gasteiger partial charge in [0.05, 0.1) is 12.3 Å². The van der Waals surface area contributed by atoms with E-state index in [0.29, 0.717) is 0 Å². The molecule has 2 N–H and O–H groups in total. The fourth-order valence-electron chi connectivity index (χ4n) is 1.11. The van der Waals surface area contributed by atoms with Gasteiger partial charge >= 0.3 is 0 Å². The van der Waals surface area contributed by atoms with Crippen molar-refractivity contribution in [3.63, 3.8) is 0 Å². The van der Waals surface area contributed by atoms with Gasteiger partial charge in [0.1, 0.15) is 0 Å². The summed E-state index contributed by atoms with van der Waals surface area (Å²) in [5, 5.41) is 16.3. The van der Waals surface area contributed by atoms with Crippen molar-refractivity contribution in [2.45, 2.75) is 26.0 Å². The SMILES string of the molecule is C=Cn1cc(CNCCC(C)O)cn1. The van der Waals surface area contributed by atoms with Crippen molar-refractivity contribution < 1.29 is 5.11 Å². The van der Waals surface area contributed by atoms with E-state index in [1.54, 1.807) is 24.0 Å². The first-order chi connectivity index (χ1) is 6.72. The summed E-state index contributed by atoms with van der Waals surface area (Å²) in [5.74, 6) is 0. The van der Waals surface area contributed by atoms with Gasteiger partial charge in [-0.15, -0.1) is 0 Å². The van der Waals surface area contributed by atoms with Gasteiger partial charge in [-0.05, 0) is 19.9 Å². The Hall–Kier alpha value is -1.13. The van der Waals surface area contributed by atoms with Gasteiger partial charge in [0.15, 0.2) is 0 Å². The van der Waals surface area contributed by atoms with Crippen LogP contribution in [0.25, 0.3) is 6.20 Å². The van der Waals surface area contributed by atoms with Crippen molar-refractivity contribution in [1.82, 2.24) is 15.1 Å². The highest BCUT2D eigenvalue weighted by Gasteiger charge is 1.97. The number of aliphatic hydroxyl groups is 1. The summed E-state index contributed by atoms with van der Waals surface area (Å²) in [6.45, 7) is 6.99. The smallest absolute Gasteiger partial charge is 0.0538 e. The normalized spacial score (nSPS) is 12.7. The third-order valence-corrected chi connectivity index (χ3v) is 1.91. The highest BCUT2D eigenvalue weighted by atomic mass is 16.3. The first kappa shape index (κ1) is 10.9. The molecular formula is C10H17N3O. The molecule has 4 heteroatoms. The Balaban J connectivity index is 2.21. The largest absolute Gasteiger partial charge is 0.393 e. The van der Waals surface area contributed by atoms with Gasteiger partial charge in [-0.25, -0.2) is 4.68 Å². The molecule has 0 aliphatic heterocycles. The second kappa shape index (κ2) is 5.57. The zero-order valence-corrected chi connectivity index (χ0v) is 8.48. The quantitative estimate of drug-likeness (QED) is 0.661. The van der Waals surface area contributed by atoms with Crippen LogP contribution < -0.4 is 5.32 Å². The predicted molar refractivity (Wildman–Crippen MR) is 56.6 cm³/mol. The number of nitrogens with one attached hydrogen (secondary N) is 1. The Morgan fingerprint density at radius 2 is 2.57 bits per heavy atom. The second-order valence-electron chi connectivity index (χ2n) is 3.33. The van der Waals surface area contributed by atoms with Gasteiger partial charge in [-0.2, -0.15) is 5.10 Å². The molecule has 0 bridgehead atoms. The molecule has 14 heavy (non-hydrogen) atoms. The van der Waals surface area contributed by atoms with E-state index < -0.39 is 0 Å². The van der Waals surface area contributed by atoms with Crippen LogP contribution in [0.1, 0.15) is 18.9 Å². The maximum absolute atomic E-state index is 9.02. The van der Waals surface area contributed by atoms with Crippen LogP contribution in [0.15, 0.2) is 19.0 Å². The van der Waals surface area contributed by atoms with E-state index >= 15 is 0 Å². The lowest BCUT2D eigenvalue weighted by molar-refractivity contribution is 0.183. The Morgan fingerprint density at radius 1 is 1.79 bits per heavy atom. The molecule has 0 spiro atoms. The molecule has 0 radical (unpaired) electrons. The lowest BCUT2D eigenvalue weighted by Crippen LogP contribution is -2.18. The Kier molecular flexibility index (Phi) is 4.35. The van der Waals surface area contributed by atoms with Crippen LogP contribution in [-0.4, -0.2) is 27.5 Å². The summed E-state index contributed by atoms with van der Waals surface area (Å²) < 4.78 is 1.67. The van der Waals surface area contributed by atoms with E-state index in [9.17, 15) is 0 Å². The first-order valence-electron chi connectivity index (χ1n) is 4.76. The minimum atomic E-state index is -0.238. The average molecular weight is 195 g/mol. The van der Waals surface area contributed by atoms with E-state index in [-0.39, 0.29) is 6.10 Å². The zero-order valence-electron chi connectivity index (χ0n) is 8.48. The van der Waals surface area contributed by atoms with Crippen LogP contribution >= 0.6 is 0 Å². The van der Waals surface area contributed by atoms with Gasteiger partial charge in [0.2, 0.25) is 0 Å².